The van der Waals surface area contributed by atoms with Crippen LogP contribution in [0.15, 0.2) is 52.9 Å². The Labute approximate surface area is 149 Å². The van der Waals surface area contributed by atoms with Crippen LogP contribution in [0.2, 0.25) is 5.02 Å². The minimum absolute atomic E-state index is 0.0908. The number of nitrogens with zero attached hydrogens (tertiary/aromatic N) is 2. The van der Waals surface area contributed by atoms with E-state index in [1.807, 2.05) is 24.3 Å². The van der Waals surface area contributed by atoms with Gasteiger partial charge in [-0.2, -0.15) is 0 Å². The second-order valence-corrected chi connectivity index (χ2v) is 5.57. The number of halogens is 1. The van der Waals surface area contributed by atoms with Crippen molar-refractivity contribution in [3.8, 4) is 17.2 Å². The number of methoxy groups -OCH3 is 1. The first-order valence-electron chi connectivity index (χ1n) is 7.51. The number of benzene rings is 2. The molecule has 0 bridgehead atoms. The van der Waals surface area contributed by atoms with Crippen LogP contribution in [0.1, 0.15) is 11.5 Å². The fraction of sp³-hybridized carbons (Fsp3) is 0.167. The lowest BCUT2D eigenvalue weighted by molar-refractivity contribution is -0.144. The molecule has 2 aromatic carbocycles. The molecule has 0 radical (unpaired) electrons. The number of carbonyl (C=O) groups is 1. The predicted octanol–water partition coefficient (Wildman–Crippen LogP) is 3.68. The third-order valence-electron chi connectivity index (χ3n) is 3.44. The molecule has 0 unspecified atom stereocenters. The first-order chi connectivity index (χ1) is 12.2. The Hall–Kier alpha value is -2.86. The number of aromatic nitrogens is 2. The summed E-state index contributed by atoms with van der Waals surface area (Å²) in [5, 5.41) is 8.30. The van der Waals surface area contributed by atoms with Crippen molar-refractivity contribution in [2.75, 3.05) is 7.11 Å². The lowest BCUT2D eigenvalue weighted by Crippen LogP contribution is -2.08. The summed E-state index contributed by atoms with van der Waals surface area (Å²) in [6.07, 6.45) is 0.148. The first kappa shape index (κ1) is 17.0. The highest BCUT2D eigenvalue weighted by molar-refractivity contribution is 6.33. The number of ether oxygens (including phenoxy) is 2. The molecule has 3 aromatic rings. The van der Waals surface area contributed by atoms with Crippen LogP contribution in [-0.4, -0.2) is 23.3 Å². The standard InChI is InChI=1S/C18H15ClN2O4/c1-23-13-8-6-12(7-9-13)10-17(22)24-11-16-20-21-18(25-16)14-4-2-3-5-15(14)19/h2-9H,10-11H2,1H3. The molecule has 128 valence electrons. The van der Waals surface area contributed by atoms with E-state index in [-0.39, 0.29) is 30.8 Å². The van der Waals surface area contributed by atoms with Crippen LogP contribution < -0.4 is 4.74 Å². The van der Waals surface area contributed by atoms with E-state index in [1.165, 1.54) is 0 Å². The van der Waals surface area contributed by atoms with E-state index in [2.05, 4.69) is 10.2 Å². The van der Waals surface area contributed by atoms with Crippen molar-refractivity contribution in [1.29, 1.82) is 0 Å². The summed E-state index contributed by atoms with van der Waals surface area (Å²) < 4.78 is 15.7. The van der Waals surface area contributed by atoms with Crippen LogP contribution in [-0.2, 0) is 22.6 Å². The van der Waals surface area contributed by atoms with Crippen LogP contribution in [0, 0.1) is 0 Å². The summed E-state index contributed by atoms with van der Waals surface area (Å²) >= 11 is 6.09. The zero-order valence-corrected chi connectivity index (χ0v) is 14.2. The fourth-order valence-electron chi connectivity index (χ4n) is 2.16. The zero-order valence-electron chi connectivity index (χ0n) is 13.4. The van der Waals surface area contributed by atoms with E-state index in [1.54, 1.807) is 31.4 Å². The summed E-state index contributed by atoms with van der Waals surface area (Å²) in [7, 11) is 1.59. The summed E-state index contributed by atoms with van der Waals surface area (Å²) in [6, 6.07) is 14.3. The molecule has 7 heteroatoms. The highest BCUT2D eigenvalue weighted by Gasteiger charge is 2.13. The Kier molecular flexibility index (Phi) is 5.30. The van der Waals surface area contributed by atoms with Crippen LogP contribution >= 0.6 is 11.6 Å². The SMILES string of the molecule is COc1ccc(CC(=O)OCc2nnc(-c3ccccc3Cl)o2)cc1. The number of esters is 1. The molecule has 1 aromatic heterocycles. The quantitative estimate of drug-likeness (QED) is 0.626. The molecule has 0 spiro atoms. The third-order valence-corrected chi connectivity index (χ3v) is 3.76. The van der Waals surface area contributed by atoms with Gasteiger partial charge in [-0.15, -0.1) is 10.2 Å². The van der Waals surface area contributed by atoms with Gasteiger partial charge in [0.05, 0.1) is 24.1 Å². The largest absolute Gasteiger partial charge is 0.497 e. The maximum absolute atomic E-state index is 11.9. The first-order valence-corrected chi connectivity index (χ1v) is 7.89. The maximum Gasteiger partial charge on any atom is 0.310 e. The molecule has 0 N–H and O–H groups in total. The van der Waals surface area contributed by atoms with Gasteiger partial charge in [0.15, 0.2) is 6.61 Å². The third kappa shape index (κ3) is 4.36. The lowest BCUT2D eigenvalue weighted by Gasteiger charge is -2.04. The molecule has 0 atom stereocenters. The Balaban J connectivity index is 1.56. The fourth-order valence-corrected chi connectivity index (χ4v) is 2.38. The van der Waals surface area contributed by atoms with E-state index in [9.17, 15) is 4.79 Å². The molecule has 0 saturated carbocycles. The minimum Gasteiger partial charge on any atom is -0.497 e. The summed E-state index contributed by atoms with van der Waals surface area (Å²) in [5.74, 6) is 0.836. The van der Waals surface area contributed by atoms with Crippen LogP contribution in [0.25, 0.3) is 11.5 Å². The van der Waals surface area contributed by atoms with Gasteiger partial charge in [-0.05, 0) is 29.8 Å². The Morgan fingerprint density at radius 3 is 2.60 bits per heavy atom. The van der Waals surface area contributed by atoms with Gasteiger partial charge in [-0.25, -0.2) is 0 Å². The monoisotopic (exact) mass is 358 g/mol. The number of rotatable bonds is 6. The van der Waals surface area contributed by atoms with E-state index in [4.69, 9.17) is 25.5 Å². The molecule has 3 rings (SSSR count). The minimum atomic E-state index is -0.386. The highest BCUT2D eigenvalue weighted by atomic mass is 35.5. The van der Waals surface area contributed by atoms with Crippen LogP contribution in [0.4, 0.5) is 0 Å². The van der Waals surface area contributed by atoms with Gasteiger partial charge in [0, 0.05) is 0 Å². The van der Waals surface area contributed by atoms with Gasteiger partial charge in [0.2, 0.25) is 5.89 Å². The molecular formula is C18H15ClN2O4. The number of hydrogen-bond acceptors (Lipinski definition) is 6. The molecule has 0 aliphatic carbocycles. The second-order valence-electron chi connectivity index (χ2n) is 5.17. The molecule has 1 heterocycles. The average Bonchev–Trinajstić information content (AvgIpc) is 3.10. The van der Waals surface area contributed by atoms with Gasteiger partial charge in [-0.3, -0.25) is 4.79 Å². The Bertz CT molecular complexity index is 862. The van der Waals surface area contributed by atoms with E-state index < -0.39 is 0 Å². The Morgan fingerprint density at radius 2 is 1.88 bits per heavy atom. The molecule has 0 saturated heterocycles. The normalized spacial score (nSPS) is 10.5. The molecular weight excluding hydrogens is 344 g/mol. The maximum atomic E-state index is 11.9. The molecule has 0 aliphatic heterocycles. The van der Waals surface area contributed by atoms with E-state index in [0.29, 0.717) is 10.6 Å². The van der Waals surface area contributed by atoms with Crippen molar-refractivity contribution in [1.82, 2.24) is 10.2 Å². The number of carbonyl (C=O) groups excluding carboxylic acids is 1. The van der Waals surface area contributed by atoms with Gasteiger partial charge in [-0.1, -0.05) is 35.9 Å². The van der Waals surface area contributed by atoms with Crippen molar-refractivity contribution in [2.45, 2.75) is 13.0 Å². The van der Waals surface area contributed by atoms with Gasteiger partial charge >= 0.3 is 5.97 Å². The lowest BCUT2D eigenvalue weighted by atomic mass is 10.1. The van der Waals surface area contributed by atoms with Crippen molar-refractivity contribution in [3.63, 3.8) is 0 Å². The van der Waals surface area contributed by atoms with Crippen LogP contribution in [0.3, 0.4) is 0 Å². The molecule has 6 nitrogen and oxygen atoms in total. The number of hydrogen-bond donors (Lipinski definition) is 0. The molecule has 25 heavy (non-hydrogen) atoms. The van der Waals surface area contributed by atoms with Gasteiger partial charge in [0.1, 0.15) is 5.75 Å². The topological polar surface area (TPSA) is 74.5 Å². The summed E-state index contributed by atoms with van der Waals surface area (Å²) in [5.41, 5.74) is 1.46. The Morgan fingerprint density at radius 1 is 1.12 bits per heavy atom. The van der Waals surface area contributed by atoms with Gasteiger partial charge < -0.3 is 13.9 Å². The smallest absolute Gasteiger partial charge is 0.310 e. The van der Waals surface area contributed by atoms with Crippen molar-refractivity contribution < 1.29 is 18.7 Å². The second kappa shape index (κ2) is 7.81. The van der Waals surface area contributed by atoms with Crippen molar-refractivity contribution >= 4 is 17.6 Å². The molecule has 0 fully saturated rings. The average molecular weight is 359 g/mol. The zero-order chi connectivity index (χ0) is 17.6. The summed E-state index contributed by atoms with van der Waals surface area (Å²) in [4.78, 5) is 11.9. The molecule has 0 aliphatic rings. The van der Waals surface area contributed by atoms with E-state index in [0.717, 1.165) is 11.3 Å². The van der Waals surface area contributed by atoms with E-state index >= 15 is 0 Å². The highest BCUT2D eigenvalue weighted by Crippen LogP contribution is 2.26. The summed E-state index contributed by atoms with van der Waals surface area (Å²) in [6.45, 7) is -0.0908. The van der Waals surface area contributed by atoms with Crippen molar-refractivity contribution in [2.24, 2.45) is 0 Å². The van der Waals surface area contributed by atoms with Gasteiger partial charge in [0.25, 0.3) is 5.89 Å². The van der Waals surface area contributed by atoms with Crippen molar-refractivity contribution in [3.05, 3.63) is 65.0 Å². The van der Waals surface area contributed by atoms with Crippen LogP contribution in [0.5, 0.6) is 5.75 Å². The predicted molar refractivity (Wildman–Crippen MR) is 91.2 cm³/mol. The molecule has 0 amide bonds.